The molecule has 1 amide bonds. The van der Waals surface area contributed by atoms with Gasteiger partial charge in [0.15, 0.2) is 5.82 Å². The maximum absolute atomic E-state index is 15.4. The maximum atomic E-state index is 15.4. The smallest absolute Gasteiger partial charge is 0.387 e. The third kappa shape index (κ3) is 6.53. The Morgan fingerprint density at radius 1 is 1.11 bits per heavy atom. The molecular formula is C29H26F4N4O6S. The number of carbonyl (C=O) groups excluding carboxylic acids is 1. The van der Waals surface area contributed by atoms with Crippen LogP contribution in [0.25, 0.3) is 17.1 Å². The second-order valence-electron chi connectivity index (χ2n) is 9.69. The number of hydrogen-bond donors (Lipinski definition) is 1. The molecule has 1 fully saturated rings. The zero-order chi connectivity index (χ0) is 31.5. The summed E-state index contributed by atoms with van der Waals surface area (Å²) in [6.45, 7) is -0.168. The molecule has 5 rings (SSSR count). The average molecular weight is 635 g/mol. The van der Waals surface area contributed by atoms with Crippen LogP contribution in [0.4, 0.5) is 23.2 Å². The van der Waals surface area contributed by atoms with E-state index in [1.165, 1.54) is 38.3 Å². The van der Waals surface area contributed by atoms with Crippen molar-refractivity contribution < 1.29 is 40.7 Å². The van der Waals surface area contributed by atoms with Crippen LogP contribution in [0.2, 0.25) is 0 Å². The van der Waals surface area contributed by atoms with Crippen molar-refractivity contribution in [1.82, 2.24) is 14.3 Å². The lowest BCUT2D eigenvalue weighted by atomic mass is 10.1. The van der Waals surface area contributed by atoms with Crippen LogP contribution in [0.15, 0.2) is 53.3 Å². The molecule has 0 radical (unpaired) electrons. The Morgan fingerprint density at radius 3 is 2.43 bits per heavy atom. The summed E-state index contributed by atoms with van der Waals surface area (Å²) in [5, 5.41) is 2.54. The van der Waals surface area contributed by atoms with Crippen molar-refractivity contribution in [2.75, 3.05) is 25.6 Å². The lowest BCUT2D eigenvalue weighted by Crippen LogP contribution is -2.24. The molecule has 1 unspecified atom stereocenters. The second-order valence-corrected chi connectivity index (χ2v) is 10.7. The summed E-state index contributed by atoms with van der Waals surface area (Å²) in [5.74, 6) is -3.02. The Balaban J connectivity index is 1.60. The number of aryl methyl sites for hydroxylation is 1. The van der Waals surface area contributed by atoms with E-state index in [0.29, 0.717) is 18.8 Å². The van der Waals surface area contributed by atoms with Gasteiger partial charge in [-0.15, -0.1) is 0 Å². The first-order valence-corrected chi connectivity index (χ1v) is 14.0. The first kappa shape index (κ1) is 30.9. The normalized spacial score (nSPS) is 14.6. The highest BCUT2D eigenvalue weighted by molar-refractivity contribution is 7.95. The molecule has 0 aliphatic carbocycles. The van der Waals surface area contributed by atoms with E-state index in [-0.39, 0.29) is 39.7 Å². The predicted octanol–water partition coefficient (Wildman–Crippen LogP) is 5.50. The van der Waals surface area contributed by atoms with E-state index < -0.39 is 41.0 Å². The SMILES string of the molecule is COc1cc(F)c(-c2c(NC(=O)c3ccc(OC(F)F)cc3)c(=O)n(-c3cc(C)cc(OSC4CCOC4)n3)n2C)c(F)c1. The molecule has 1 atom stereocenters. The first-order valence-electron chi connectivity index (χ1n) is 13.2. The van der Waals surface area contributed by atoms with Crippen LogP contribution in [0.1, 0.15) is 22.3 Å². The van der Waals surface area contributed by atoms with E-state index in [9.17, 15) is 18.4 Å². The second kappa shape index (κ2) is 13.0. The van der Waals surface area contributed by atoms with Gasteiger partial charge in [-0.25, -0.2) is 8.78 Å². The number of pyridine rings is 1. The molecular weight excluding hydrogens is 608 g/mol. The lowest BCUT2D eigenvalue weighted by molar-refractivity contribution is -0.0498. The Hall–Kier alpha value is -4.50. The van der Waals surface area contributed by atoms with E-state index >= 15 is 8.78 Å². The minimum absolute atomic E-state index is 0.0414. The summed E-state index contributed by atoms with van der Waals surface area (Å²) in [7, 11) is 2.62. The van der Waals surface area contributed by atoms with Gasteiger partial charge in [0.1, 0.15) is 34.5 Å². The molecule has 2 aromatic heterocycles. The molecule has 0 spiro atoms. The highest BCUT2D eigenvalue weighted by atomic mass is 32.2. The van der Waals surface area contributed by atoms with E-state index in [0.717, 1.165) is 40.0 Å². The number of hydrogen-bond acceptors (Lipinski definition) is 8. The molecule has 1 aliphatic heterocycles. The molecule has 4 aromatic rings. The number of aromatic nitrogens is 3. The van der Waals surface area contributed by atoms with Gasteiger partial charge < -0.3 is 23.7 Å². The lowest BCUT2D eigenvalue weighted by Gasteiger charge is -2.14. The van der Waals surface area contributed by atoms with Gasteiger partial charge in [-0.2, -0.15) is 18.4 Å². The van der Waals surface area contributed by atoms with Gasteiger partial charge in [-0.1, -0.05) is 0 Å². The number of nitrogens with one attached hydrogen (secondary N) is 1. The molecule has 232 valence electrons. The molecule has 0 bridgehead atoms. The fraction of sp³-hybridized carbons (Fsp3) is 0.276. The van der Waals surface area contributed by atoms with Gasteiger partial charge in [0.05, 0.1) is 36.6 Å². The molecule has 1 N–H and O–H groups in total. The van der Waals surface area contributed by atoms with Crippen molar-refractivity contribution >= 4 is 23.6 Å². The fourth-order valence-corrected chi connectivity index (χ4v) is 5.27. The van der Waals surface area contributed by atoms with Crippen LogP contribution in [0.3, 0.4) is 0 Å². The van der Waals surface area contributed by atoms with Gasteiger partial charge in [0.25, 0.3) is 11.5 Å². The van der Waals surface area contributed by atoms with Crippen LogP contribution in [0.5, 0.6) is 17.4 Å². The number of nitrogens with zero attached hydrogens (tertiary/aromatic N) is 3. The molecule has 1 aliphatic rings. The van der Waals surface area contributed by atoms with Crippen molar-refractivity contribution in [3.8, 4) is 34.5 Å². The van der Waals surface area contributed by atoms with Crippen LogP contribution in [-0.4, -0.2) is 52.4 Å². The number of anilines is 1. The fourth-order valence-electron chi connectivity index (χ4n) is 4.60. The average Bonchev–Trinajstić information content (AvgIpc) is 3.58. The van der Waals surface area contributed by atoms with Crippen LogP contribution >= 0.6 is 12.0 Å². The van der Waals surface area contributed by atoms with Crippen molar-refractivity contribution in [3.63, 3.8) is 0 Å². The topological polar surface area (TPSA) is 106 Å². The molecule has 2 aromatic carbocycles. The van der Waals surface area contributed by atoms with Gasteiger partial charge in [0.2, 0.25) is 5.88 Å². The van der Waals surface area contributed by atoms with Crippen molar-refractivity contribution in [2.45, 2.75) is 25.2 Å². The van der Waals surface area contributed by atoms with Crippen LogP contribution in [-0.2, 0) is 11.8 Å². The molecule has 15 heteroatoms. The highest BCUT2D eigenvalue weighted by Gasteiger charge is 2.28. The number of ether oxygens (including phenoxy) is 3. The summed E-state index contributed by atoms with van der Waals surface area (Å²) in [4.78, 5) is 31.6. The molecule has 44 heavy (non-hydrogen) atoms. The van der Waals surface area contributed by atoms with Crippen LogP contribution < -0.4 is 24.5 Å². The minimum atomic E-state index is -3.06. The van der Waals surface area contributed by atoms with Gasteiger partial charge in [-0.05, 0) is 49.2 Å². The number of rotatable bonds is 10. The van der Waals surface area contributed by atoms with E-state index in [1.807, 2.05) is 0 Å². The molecule has 10 nitrogen and oxygen atoms in total. The van der Waals surface area contributed by atoms with Crippen molar-refractivity contribution in [3.05, 3.63) is 81.6 Å². The molecule has 1 saturated heterocycles. The summed E-state index contributed by atoms with van der Waals surface area (Å²) in [6.07, 6.45) is 0.800. The van der Waals surface area contributed by atoms with Crippen molar-refractivity contribution in [2.24, 2.45) is 7.05 Å². The van der Waals surface area contributed by atoms with Crippen LogP contribution in [0, 0.1) is 18.6 Å². The molecule has 0 saturated carbocycles. The Kier molecular flexibility index (Phi) is 9.15. The monoisotopic (exact) mass is 634 g/mol. The van der Waals surface area contributed by atoms with E-state index in [1.54, 1.807) is 19.1 Å². The van der Waals surface area contributed by atoms with E-state index in [4.69, 9.17) is 13.7 Å². The van der Waals surface area contributed by atoms with E-state index in [2.05, 4.69) is 15.0 Å². The Morgan fingerprint density at radius 2 is 1.82 bits per heavy atom. The number of amides is 1. The number of methoxy groups -OCH3 is 1. The van der Waals surface area contributed by atoms with Gasteiger partial charge in [-0.3, -0.25) is 14.3 Å². The summed E-state index contributed by atoms with van der Waals surface area (Å²) in [5.41, 5.74) is -1.61. The van der Waals surface area contributed by atoms with Gasteiger partial charge in [0, 0.05) is 37.4 Å². The third-order valence-corrected chi connectivity index (χ3v) is 7.55. The number of carbonyl (C=O) groups is 1. The zero-order valence-corrected chi connectivity index (χ0v) is 24.4. The quantitative estimate of drug-likeness (QED) is 0.180. The first-order chi connectivity index (χ1) is 21.0. The zero-order valence-electron chi connectivity index (χ0n) is 23.6. The Bertz CT molecular complexity index is 1720. The van der Waals surface area contributed by atoms with Crippen molar-refractivity contribution in [1.29, 1.82) is 0 Å². The predicted molar refractivity (Wildman–Crippen MR) is 154 cm³/mol. The summed E-state index contributed by atoms with van der Waals surface area (Å²) < 4.78 is 78.5. The molecule has 3 heterocycles. The summed E-state index contributed by atoms with van der Waals surface area (Å²) >= 11 is 1.18. The summed E-state index contributed by atoms with van der Waals surface area (Å²) in [6, 6.07) is 9.78. The third-order valence-electron chi connectivity index (χ3n) is 6.64. The van der Waals surface area contributed by atoms with Gasteiger partial charge >= 0.3 is 6.61 Å². The highest BCUT2D eigenvalue weighted by Crippen LogP contribution is 2.35. The Labute approximate surface area is 252 Å². The number of halogens is 4. The number of benzene rings is 2. The maximum Gasteiger partial charge on any atom is 0.387 e. The minimum Gasteiger partial charge on any atom is -0.497 e. The standard InChI is InChI=1S/C29H26F4N4O6S/c1-15-10-22(34-23(11-15)43-44-19-8-9-41-14-19)37-28(39)25(35-27(38)16-4-6-17(7-5-16)42-29(32)33)26(36(37)2)24-20(30)12-18(40-3)13-21(24)31/h4-7,10-13,19,29H,8-9,14H2,1-3H3,(H,35,38). The number of alkyl halides is 2. The largest absolute Gasteiger partial charge is 0.497 e.